The molecule has 54 valence electrons. The van der Waals surface area contributed by atoms with Gasteiger partial charge in [0.25, 0.3) is 0 Å². The van der Waals surface area contributed by atoms with Gasteiger partial charge in [0.05, 0.1) is 6.61 Å². The molecule has 0 aliphatic carbocycles. The van der Waals surface area contributed by atoms with Crippen LogP contribution < -0.4 is 5.32 Å². The summed E-state index contributed by atoms with van der Waals surface area (Å²) in [5.74, 6) is 0. The van der Waals surface area contributed by atoms with Gasteiger partial charge in [0, 0.05) is 6.54 Å². The first-order chi connectivity index (χ1) is 3.81. The zero-order valence-corrected chi connectivity index (χ0v) is 9.97. The van der Waals surface area contributed by atoms with E-state index in [0.29, 0.717) is 13.2 Å². The predicted octanol–water partition coefficient (Wildman–Crippen LogP) is -0.164. The number of hydrogen-bond donors (Lipinski definition) is 1. The molecule has 0 bridgehead atoms. The summed E-state index contributed by atoms with van der Waals surface area (Å²) in [5.41, 5.74) is 0. The maximum absolute atomic E-state index is 10.3. The molecule has 4 heteroatoms. The predicted molar refractivity (Wildman–Crippen MR) is 39.2 cm³/mol. The van der Waals surface area contributed by atoms with E-state index in [9.17, 15) is 4.79 Å². The minimum atomic E-state index is -0.338. The van der Waals surface area contributed by atoms with Crippen LogP contribution in [0, 0.1) is 0 Å². The van der Waals surface area contributed by atoms with E-state index in [-0.39, 0.29) is 30.0 Å². The number of alkyl carbamates (subject to hydrolysis) is 1. The zero-order chi connectivity index (χ0) is 6.41. The number of carbonyl (C=O) groups is 1. The van der Waals surface area contributed by atoms with Crippen molar-refractivity contribution in [2.24, 2.45) is 0 Å². The standard InChI is InChI=1S/C5H11NO2.Sn.2H/c1-3-6-5(7)8-4-2;;;/h3-4H2,1-2H3,(H,6,7);;;. The van der Waals surface area contributed by atoms with Gasteiger partial charge in [-0.3, -0.25) is 0 Å². The number of nitrogens with one attached hydrogen (secondary N) is 1. The van der Waals surface area contributed by atoms with Crippen molar-refractivity contribution in [2.45, 2.75) is 13.8 Å². The van der Waals surface area contributed by atoms with Crippen LogP contribution in [0.2, 0.25) is 0 Å². The van der Waals surface area contributed by atoms with Gasteiger partial charge >= 0.3 is 30.0 Å². The van der Waals surface area contributed by atoms with E-state index in [0.717, 1.165) is 0 Å². The average Bonchev–Trinajstić information content (AvgIpc) is 1.68. The molecule has 0 fully saturated rings. The molecule has 1 N–H and O–H groups in total. The van der Waals surface area contributed by atoms with E-state index < -0.39 is 0 Å². The summed E-state index contributed by atoms with van der Waals surface area (Å²) in [6, 6.07) is 0. The third-order valence-electron chi connectivity index (χ3n) is 0.597. The van der Waals surface area contributed by atoms with Crippen LogP contribution in [0.5, 0.6) is 0 Å². The average molecular weight is 238 g/mol. The first-order valence-electron chi connectivity index (χ1n) is 2.71. The van der Waals surface area contributed by atoms with Crippen molar-refractivity contribution in [2.75, 3.05) is 13.2 Å². The summed E-state index contributed by atoms with van der Waals surface area (Å²) in [7, 11) is 0. The molecule has 2 radical (unpaired) electrons. The Morgan fingerprint density at radius 3 is 2.44 bits per heavy atom. The quantitative estimate of drug-likeness (QED) is 0.678. The van der Waals surface area contributed by atoms with Crippen LogP contribution in [0.3, 0.4) is 0 Å². The van der Waals surface area contributed by atoms with E-state index in [1.165, 1.54) is 0 Å². The van der Waals surface area contributed by atoms with Crippen LogP contribution in [0.1, 0.15) is 13.8 Å². The van der Waals surface area contributed by atoms with E-state index in [1.54, 1.807) is 6.92 Å². The summed E-state index contributed by atoms with van der Waals surface area (Å²) in [6.45, 7) is 4.68. The topological polar surface area (TPSA) is 38.3 Å². The Morgan fingerprint density at radius 2 is 2.11 bits per heavy atom. The van der Waals surface area contributed by atoms with Crippen LogP contribution in [-0.2, 0) is 4.74 Å². The minimum absolute atomic E-state index is 0. The fourth-order valence-electron chi connectivity index (χ4n) is 0.326. The molecule has 0 spiro atoms. The Kier molecular flexibility index (Phi) is 10.6. The maximum atomic E-state index is 10.3. The van der Waals surface area contributed by atoms with Crippen LogP contribution in [0.25, 0.3) is 0 Å². The van der Waals surface area contributed by atoms with Crippen LogP contribution in [0.15, 0.2) is 0 Å². The van der Waals surface area contributed by atoms with Crippen LogP contribution in [-0.4, -0.2) is 43.2 Å². The van der Waals surface area contributed by atoms with Gasteiger partial charge in [-0.05, 0) is 13.8 Å². The molecule has 0 saturated carbocycles. The van der Waals surface area contributed by atoms with Crippen molar-refractivity contribution in [3.63, 3.8) is 0 Å². The second kappa shape index (κ2) is 8.07. The SMILES string of the molecule is CCNC(=O)OCC.[SnH2]. The van der Waals surface area contributed by atoms with Gasteiger partial charge in [0.15, 0.2) is 0 Å². The number of amides is 1. The summed E-state index contributed by atoms with van der Waals surface area (Å²) < 4.78 is 4.53. The Balaban J connectivity index is 0. The number of hydrogen-bond acceptors (Lipinski definition) is 2. The molecule has 0 unspecified atom stereocenters. The Labute approximate surface area is 72.1 Å². The third kappa shape index (κ3) is 8.07. The monoisotopic (exact) mass is 239 g/mol. The van der Waals surface area contributed by atoms with Crippen LogP contribution in [0.4, 0.5) is 4.79 Å². The zero-order valence-electron chi connectivity index (χ0n) is 5.94. The van der Waals surface area contributed by atoms with Crippen molar-refractivity contribution in [1.82, 2.24) is 5.32 Å². The number of ether oxygens (including phenoxy) is 1. The van der Waals surface area contributed by atoms with Crippen molar-refractivity contribution in [3.8, 4) is 0 Å². The van der Waals surface area contributed by atoms with Gasteiger partial charge in [0.2, 0.25) is 0 Å². The van der Waals surface area contributed by atoms with Crippen molar-refractivity contribution < 1.29 is 9.53 Å². The van der Waals surface area contributed by atoms with E-state index in [1.807, 2.05) is 6.92 Å². The summed E-state index contributed by atoms with van der Waals surface area (Å²) in [5, 5.41) is 2.49. The summed E-state index contributed by atoms with van der Waals surface area (Å²) in [6.07, 6.45) is -0.338. The fourth-order valence-corrected chi connectivity index (χ4v) is 0.326. The molecule has 0 saturated heterocycles. The number of rotatable bonds is 2. The van der Waals surface area contributed by atoms with Gasteiger partial charge in [-0.15, -0.1) is 0 Å². The molecule has 0 heterocycles. The van der Waals surface area contributed by atoms with Gasteiger partial charge in [-0.2, -0.15) is 0 Å². The molecule has 0 aromatic heterocycles. The fraction of sp³-hybridized carbons (Fsp3) is 0.800. The van der Waals surface area contributed by atoms with E-state index >= 15 is 0 Å². The molecule has 0 aromatic carbocycles. The third-order valence-corrected chi connectivity index (χ3v) is 0.597. The first-order valence-corrected chi connectivity index (χ1v) is 2.71. The first kappa shape index (κ1) is 11.8. The molecule has 9 heavy (non-hydrogen) atoms. The van der Waals surface area contributed by atoms with Crippen molar-refractivity contribution in [3.05, 3.63) is 0 Å². The molecular weight excluding hydrogens is 225 g/mol. The van der Waals surface area contributed by atoms with Gasteiger partial charge in [-0.1, -0.05) is 0 Å². The molecule has 0 rings (SSSR count). The van der Waals surface area contributed by atoms with Gasteiger partial charge in [0.1, 0.15) is 0 Å². The molecular formula is C5H13NO2Sn. The molecule has 1 amide bonds. The molecule has 3 nitrogen and oxygen atoms in total. The van der Waals surface area contributed by atoms with Gasteiger partial charge < -0.3 is 10.1 Å². The Bertz CT molecular complexity index is 69.4. The molecule has 0 aliphatic heterocycles. The van der Waals surface area contributed by atoms with Crippen molar-refractivity contribution in [1.29, 1.82) is 0 Å². The van der Waals surface area contributed by atoms with Crippen molar-refractivity contribution >= 4 is 30.0 Å². The normalized spacial score (nSPS) is 7.33. The molecule has 0 aromatic rings. The van der Waals surface area contributed by atoms with Gasteiger partial charge in [-0.25, -0.2) is 4.79 Å². The Morgan fingerprint density at radius 1 is 1.56 bits per heavy atom. The Hall–Kier alpha value is 0.0687. The van der Waals surface area contributed by atoms with Crippen LogP contribution >= 0.6 is 0 Å². The second-order valence-corrected chi connectivity index (χ2v) is 1.25. The molecule has 0 atom stereocenters. The van der Waals surface area contributed by atoms with E-state index in [4.69, 9.17) is 0 Å². The summed E-state index contributed by atoms with van der Waals surface area (Å²) in [4.78, 5) is 10.3. The number of carbonyl (C=O) groups excluding carboxylic acids is 1. The summed E-state index contributed by atoms with van der Waals surface area (Å²) >= 11 is 0. The molecule has 0 aliphatic rings. The van der Waals surface area contributed by atoms with E-state index in [2.05, 4.69) is 10.1 Å². The second-order valence-electron chi connectivity index (χ2n) is 1.25.